The summed E-state index contributed by atoms with van der Waals surface area (Å²) >= 11 is 1.14. The number of nitro groups is 1. The van der Waals surface area contributed by atoms with E-state index in [2.05, 4.69) is 29.8 Å². The molecule has 0 unspecified atom stereocenters. The zero-order chi connectivity index (χ0) is 27.7. The lowest BCUT2D eigenvalue weighted by Gasteiger charge is -2.19. The van der Waals surface area contributed by atoms with E-state index in [1.165, 1.54) is 37.3 Å². The third-order valence-corrected chi connectivity index (χ3v) is 8.79. The Kier molecular flexibility index (Phi) is 9.93. The number of hydrogen-bond donors (Lipinski definition) is 1. The second-order valence-electron chi connectivity index (χ2n) is 9.51. The third kappa shape index (κ3) is 7.79. The first-order chi connectivity index (χ1) is 18.8. The fourth-order valence-electron chi connectivity index (χ4n) is 4.59. The maximum atomic E-state index is 12.4. The zero-order valence-electron chi connectivity index (χ0n) is 22.0. The van der Waals surface area contributed by atoms with Gasteiger partial charge in [0.15, 0.2) is 5.36 Å². The number of nitrogens with zero attached hydrogens (tertiary/aromatic N) is 6. The molecule has 1 aliphatic heterocycles. The summed E-state index contributed by atoms with van der Waals surface area (Å²) in [6.07, 6.45) is 10.2. The van der Waals surface area contributed by atoms with Gasteiger partial charge in [-0.1, -0.05) is 62.0 Å². The largest absolute Gasteiger partial charge is 0.373 e. The van der Waals surface area contributed by atoms with Gasteiger partial charge in [-0.15, -0.1) is 10.2 Å². The Bertz CT molecular complexity index is 1480. The number of unbranched alkanes of at least 4 members (excludes halogenated alkanes) is 7. The summed E-state index contributed by atoms with van der Waals surface area (Å²) in [7, 11) is -1.64. The van der Waals surface area contributed by atoms with Crippen LogP contribution < -0.4 is 20.3 Å². The summed E-state index contributed by atoms with van der Waals surface area (Å²) in [5.74, 6) is 0. The van der Waals surface area contributed by atoms with Crippen LogP contribution in [0.3, 0.4) is 0 Å². The second kappa shape index (κ2) is 13.6. The molecule has 2 aromatic carbocycles. The van der Waals surface area contributed by atoms with Gasteiger partial charge in [0, 0.05) is 19.7 Å². The van der Waals surface area contributed by atoms with Crippen molar-refractivity contribution in [3.05, 3.63) is 68.3 Å². The molecule has 0 spiro atoms. The second-order valence-corrected chi connectivity index (χ2v) is 12.0. The summed E-state index contributed by atoms with van der Waals surface area (Å²) < 4.78 is 27.2. The van der Waals surface area contributed by atoms with E-state index < -0.39 is 14.9 Å². The molecule has 0 saturated heterocycles. The molecule has 11 nitrogen and oxygen atoms in total. The van der Waals surface area contributed by atoms with Crippen LogP contribution in [0.5, 0.6) is 0 Å². The first-order valence-electron chi connectivity index (χ1n) is 13.1. The van der Waals surface area contributed by atoms with Crippen molar-refractivity contribution in [3.63, 3.8) is 0 Å². The molecule has 1 N–H and O–H groups in total. The summed E-state index contributed by atoms with van der Waals surface area (Å²) in [6, 6.07) is 10.3. The molecule has 0 radical (unpaired) electrons. The highest BCUT2D eigenvalue weighted by atomic mass is 32.2. The van der Waals surface area contributed by atoms with E-state index in [0.717, 1.165) is 61.2 Å². The van der Waals surface area contributed by atoms with Crippen LogP contribution in [-0.4, -0.2) is 43.8 Å². The van der Waals surface area contributed by atoms with Crippen LogP contribution in [0, 0.1) is 10.1 Å². The van der Waals surface area contributed by atoms with Gasteiger partial charge in [-0.25, -0.2) is 8.42 Å². The lowest BCUT2D eigenvalue weighted by molar-refractivity contribution is -0.386. The van der Waals surface area contributed by atoms with Gasteiger partial charge in [0.05, 0.1) is 15.5 Å². The minimum atomic E-state index is -3.64. The number of fused-ring (bicyclic) bond motifs is 1. The van der Waals surface area contributed by atoms with Crippen molar-refractivity contribution in [2.75, 3.05) is 29.9 Å². The van der Waals surface area contributed by atoms with Crippen LogP contribution in [-0.2, 0) is 16.4 Å². The molecule has 0 saturated carbocycles. The Morgan fingerprint density at radius 3 is 2.28 bits per heavy atom. The Labute approximate surface area is 231 Å². The summed E-state index contributed by atoms with van der Waals surface area (Å²) in [6.45, 7) is 1.13. The molecule has 0 amide bonds. The highest BCUT2D eigenvalue weighted by Gasteiger charge is 2.18. The summed E-state index contributed by atoms with van der Waals surface area (Å²) in [5, 5.41) is 19.9. The maximum Gasteiger partial charge on any atom is 0.296 e. The quantitative estimate of drug-likeness (QED) is 0.154. The smallest absolute Gasteiger partial charge is 0.296 e. The molecule has 1 aromatic heterocycles. The number of nitrogens with one attached hydrogen (secondary N) is 1. The van der Waals surface area contributed by atoms with Gasteiger partial charge < -0.3 is 4.90 Å². The lowest BCUT2D eigenvalue weighted by Crippen LogP contribution is -2.33. The predicted octanol–water partition coefficient (Wildman–Crippen LogP) is 4.26. The average molecular weight is 572 g/mol. The molecular weight excluding hydrogens is 538 g/mol. The number of aryl methyl sites for hydroxylation is 1. The average Bonchev–Trinajstić information content (AvgIpc) is 3.61. The van der Waals surface area contributed by atoms with Crippen LogP contribution in [0.15, 0.2) is 56.8 Å². The minimum Gasteiger partial charge on any atom is -0.373 e. The fourth-order valence-corrected chi connectivity index (χ4v) is 6.28. The molecule has 4 rings (SSSR count). The van der Waals surface area contributed by atoms with Gasteiger partial charge in [-0.2, -0.15) is 0 Å². The summed E-state index contributed by atoms with van der Waals surface area (Å²) in [4.78, 5) is 21.7. The van der Waals surface area contributed by atoms with E-state index in [0.29, 0.717) is 10.7 Å². The molecule has 2 heterocycles. The van der Waals surface area contributed by atoms with Gasteiger partial charge in [0.25, 0.3) is 15.7 Å². The maximum absolute atomic E-state index is 12.4. The number of anilines is 2. The summed E-state index contributed by atoms with van der Waals surface area (Å²) in [5.41, 5.74) is 3.53. The van der Waals surface area contributed by atoms with E-state index in [1.54, 1.807) is 18.2 Å². The lowest BCUT2D eigenvalue weighted by atomic mass is 10.0. The molecule has 39 heavy (non-hydrogen) atoms. The number of rotatable bonds is 16. The van der Waals surface area contributed by atoms with Crippen LogP contribution in [0.2, 0.25) is 0 Å². The number of aromatic nitrogens is 2. The van der Waals surface area contributed by atoms with Crippen molar-refractivity contribution >= 4 is 37.9 Å². The predicted molar refractivity (Wildman–Crippen MR) is 151 cm³/mol. The standard InChI is InChI=1S/C26H33N7O4S2/c1-32(22-15-16-23(33(34)35)25-24(22)27-18-28-25)17-9-7-5-3-2-4-6-8-10-20-11-13-21(14-12-20)39(36,37)31-26-30-29-19-38-26/h11-16,19H,2-10,17-18H2,1H3,(H,30,31). The molecular formula is C26H33N7O4S2. The van der Waals surface area contributed by atoms with Crippen LogP contribution >= 0.6 is 11.3 Å². The molecule has 0 bridgehead atoms. The number of benzene rings is 2. The van der Waals surface area contributed by atoms with Gasteiger partial charge in [-0.3, -0.25) is 24.8 Å². The number of nitro benzene ring substituents is 1. The van der Waals surface area contributed by atoms with Crippen LogP contribution in [0.4, 0.5) is 16.5 Å². The van der Waals surface area contributed by atoms with Crippen molar-refractivity contribution < 1.29 is 13.3 Å². The Morgan fingerprint density at radius 2 is 1.62 bits per heavy atom. The van der Waals surface area contributed by atoms with E-state index in [9.17, 15) is 18.5 Å². The van der Waals surface area contributed by atoms with Crippen LogP contribution in [0.1, 0.15) is 56.9 Å². The first kappa shape index (κ1) is 28.6. The minimum absolute atomic E-state index is 0.0193. The Morgan fingerprint density at radius 1 is 0.949 bits per heavy atom. The molecule has 0 fully saturated rings. The monoisotopic (exact) mass is 571 g/mol. The van der Waals surface area contributed by atoms with Crippen molar-refractivity contribution in [2.45, 2.75) is 62.7 Å². The zero-order valence-corrected chi connectivity index (χ0v) is 23.6. The fraction of sp³-hybridized carbons (Fsp3) is 0.462. The number of non-ortho nitro benzene ring substituents is 1. The molecule has 0 aliphatic carbocycles. The van der Waals surface area contributed by atoms with Gasteiger partial charge in [0.2, 0.25) is 5.13 Å². The van der Waals surface area contributed by atoms with Crippen molar-refractivity contribution in [2.24, 2.45) is 9.98 Å². The molecule has 13 heteroatoms. The number of sulfonamides is 1. The Balaban J connectivity index is 1.07. The molecule has 0 atom stereocenters. The normalized spacial score (nSPS) is 12.4. The number of hydrogen-bond acceptors (Lipinski definition) is 10. The van der Waals surface area contributed by atoms with Gasteiger partial charge in [0.1, 0.15) is 17.5 Å². The van der Waals surface area contributed by atoms with Crippen molar-refractivity contribution in [1.82, 2.24) is 10.2 Å². The molecule has 208 valence electrons. The molecule has 1 aliphatic rings. The van der Waals surface area contributed by atoms with Gasteiger partial charge >= 0.3 is 0 Å². The SMILES string of the molecule is CN(CCCCCCCCCCc1ccc(S(=O)(=O)Nc2nncs2)cc1)c1ccc([N+](=O)[O-])c2c1=NCN=2. The third-order valence-electron chi connectivity index (χ3n) is 6.70. The topological polar surface area (TPSA) is 143 Å². The van der Waals surface area contributed by atoms with E-state index >= 15 is 0 Å². The molecule has 3 aromatic rings. The van der Waals surface area contributed by atoms with E-state index in [1.807, 2.05) is 19.2 Å². The van der Waals surface area contributed by atoms with Crippen molar-refractivity contribution in [3.8, 4) is 0 Å². The van der Waals surface area contributed by atoms with E-state index in [4.69, 9.17) is 0 Å². The highest BCUT2D eigenvalue weighted by molar-refractivity contribution is 7.93. The van der Waals surface area contributed by atoms with Crippen molar-refractivity contribution in [1.29, 1.82) is 0 Å². The first-order valence-corrected chi connectivity index (χ1v) is 15.5. The van der Waals surface area contributed by atoms with Gasteiger partial charge in [-0.05, 0) is 43.0 Å². The highest BCUT2D eigenvalue weighted by Crippen LogP contribution is 2.19. The van der Waals surface area contributed by atoms with E-state index in [-0.39, 0.29) is 22.4 Å². The Hall–Kier alpha value is -3.45. The van der Waals surface area contributed by atoms with Crippen LogP contribution in [0.25, 0.3) is 0 Å².